The van der Waals surface area contributed by atoms with Crippen molar-refractivity contribution < 1.29 is 0 Å². The Labute approximate surface area is 391 Å². The molecule has 2 aliphatic rings. The Morgan fingerprint density at radius 2 is 1.27 bits per heavy atom. The van der Waals surface area contributed by atoms with E-state index in [1.54, 1.807) is 0 Å². The van der Waals surface area contributed by atoms with Crippen molar-refractivity contribution in [1.82, 2.24) is 9.55 Å². The van der Waals surface area contributed by atoms with E-state index >= 15 is 0 Å². The van der Waals surface area contributed by atoms with Gasteiger partial charge >= 0.3 is 0 Å². The van der Waals surface area contributed by atoms with Crippen LogP contribution in [0.4, 0.5) is 17.1 Å². The summed E-state index contributed by atoms with van der Waals surface area (Å²) in [5.41, 5.74) is 19.3. The third-order valence-electron chi connectivity index (χ3n) is 13.1. The highest BCUT2D eigenvalue weighted by atomic mass is 15.1. The van der Waals surface area contributed by atoms with Crippen LogP contribution < -0.4 is 4.90 Å². The fourth-order valence-corrected chi connectivity index (χ4v) is 9.93. The summed E-state index contributed by atoms with van der Waals surface area (Å²) >= 11 is 0. The molecule has 0 saturated carbocycles. The number of aryl methyl sites for hydroxylation is 1. The van der Waals surface area contributed by atoms with Gasteiger partial charge in [0.25, 0.3) is 0 Å². The topological polar surface area (TPSA) is 21.1 Å². The molecule has 0 fully saturated rings. The SMILES string of the molecule is CC.C\C=C/C(C)=C\C=C(/C)C1(C2C#CC(C)=CC2)c2ccccc2-c2ccc(N(c3ccc(-c4ccccc4)cc3)c3ccc(-c4nc5ccccc5n4-c4ccc(C)cc4)cc3)cc21. The molecular formula is C63H57N3. The summed E-state index contributed by atoms with van der Waals surface area (Å²) < 4.78 is 2.28. The van der Waals surface area contributed by atoms with Crippen molar-refractivity contribution in [3.05, 3.63) is 234 Å². The van der Waals surface area contributed by atoms with E-state index < -0.39 is 5.41 Å². The summed E-state index contributed by atoms with van der Waals surface area (Å²) in [6.07, 6.45) is 12.1. The monoisotopic (exact) mass is 855 g/mol. The molecule has 0 bridgehead atoms. The van der Waals surface area contributed by atoms with E-state index in [0.717, 1.165) is 57.2 Å². The van der Waals surface area contributed by atoms with Crippen molar-refractivity contribution in [3.63, 3.8) is 0 Å². The van der Waals surface area contributed by atoms with E-state index in [2.05, 4.69) is 256 Å². The zero-order valence-electron chi connectivity index (χ0n) is 39.2. The first-order valence-electron chi connectivity index (χ1n) is 23.3. The van der Waals surface area contributed by atoms with Crippen molar-refractivity contribution in [3.8, 4) is 51.2 Å². The van der Waals surface area contributed by atoms with Gasteiger partial charge in [-0.15, -0.1) is 0 Å². The van der Waals surface area contributed by atoms with Gasteiger partial charge in [-0.3, -0.25) is 4.57 Å². The maximum absolute atomic E-state index is 5.21. The van der Waals surface area contributed by atoms with Crippen LogP contribution in [-0.4, -0.2) is 9.55 Å². The molecule has 2 unspecified atom stereocenters. The highest BCUT2D eigenvalue weighted by Gasteiger charge is 2.49. The minimum absolute atomic E-state index is 0.0474. The van der Waals surface area contributed by atoms with Crippen LogP contribution in [0.3, 0.4) is 0 Å². The number of benzene rings is 7. The van der Waals surface area contributed by atoms with Gasteiger partial charge in [-0.25, -0.2) is 4.98 Å². The quantitative estimate of drug-likeness (QED) is 0.101. The molecule has 0 aliphatic heterocycles. The number of hydrogen-bond acceptors (Lipinski definition) is 2. The van der Waals surface area contributed by atoms with Gasteiger partial charge in [-0.2, -0.15) is 0 Å². The molecule has 3 heteroatoms. The van der Waals surface area contributed by atoms with E-state index in [9.17, 15) is 0 Å². The molecule has 324 valence electrons. The fourth-order valence-electron chi connectivity index (χ4n) is 9.93. The first kappa shape index (κ1) is 43.6. The van der Waals surface area contributed by atoms with Crippen molar-refractivity contribution in [2.75, 3.05) is 4.90 Å². The molecule has 2 aliphatic carbocycles. The lowest BCUT2D eigenvalue weighted by molar-refractivity contribution is 0.463. The Kier molecular flexibility index (Phi) is 12.4. The fraction of sp³-hybridized carbons (Fsp3) is 0.159. The van der Waals surface area contributed by atoms with E-state index in [-0.39, 0.29) is 5.92 Å². The third-order valence-corrected chi connectivity index (χ3v) is 13.1. The van der Waals surface area contributed by atoms with Crippen LogP contribution in [0.25, 0.3) is 50.4 Å². The zero-order chi connectivity index (χ0) is 45.8. The Hall–Kier alpha value is -7.67. The van der Waals surface area contributed by atoms with E-state index in [1.807, 2.05) is 13.8 Å². The van der Waals surface area contributed by atoms with Crippen LogP contribution in [0, 0.1) is 24.7 Å². The number of hydrogen-bond donors (Lipinski definition) is 0. The predicted molar refractivity (Wildman–Crippen MR) is 281 cm³/mol. The molecule has 0 radical (unpaired) electrons. The van der Waals surface area contributed by atoms with Gasteiger partial charge in [0.05, 0.1) is 16.4 Å². The number of rotatable bonds is 10. The Bertz CT molecular complexity index is 3220. The molecular weight excluding hydrogens is 799 g/mol. The highest BCUT2D eigenvalue weighted by molar-refractivity contribution is 5.89. The minimum atomic E-state index is -0.472. The van der Waals surface area contributed by atoms with Crippen LogP contribution in [0.5, 0.6) is 0 Å². The largest absolute Gasteiger partial charge is 0.310 e. The van der Waals surface area contributed by atoms with Gasteiger partial charge in [-0.1, -0.05) is 170 Å². The molecule has 66 heavy (non-hydrogen) atoms. The van der Waals surface area contributed by atoms with Crippen LogP contribution >= 0.6 is 0 Å². The second kappa shape index (κ2) is 18.8. The number of nitrogens with zero attached hydrogens (tertiary/aromatic N) is 3. The summed E-state index contributed by atoms with van der Waals surface area (Å²) in [5, 5.41) is 0. The van der Waals surface area contributed by atoms with Gasteiger partial charge in [-0.05, 0) is 153 Å². The number of imidazole rings is 1. The van der Waals surface area contributed by atoms with Crippen molar-refractivity contribution in [2.45, 2.75) is 60.3 Å². The van der Waals surface area contributed by atoms with Crippen molar-refractivity contribution in [1.29, 1.82) is 0 Å². The average Bonchev–Trinajstić information content (AvgIpc) is 3.90. The maximum atomic E-state index is 5.21. The first-order chi connectivity index (χ1) is 32.3. The molecule has 2 atom stereocenters. The second-order valence-electron chi connectivity index (χ2n) is 17.2. The van der Waals surface area contributed by atoms with Crippen LogP contribution in [-0.2, 0) is 5.41 Å². The van der Waals surface area contributed by atoms with Crippen molar-refractivity contribution in [2.24, 2.45) is 5.92 Å². The predicted octanol–water partition coefficient (Wildman–Crippen LogP) is 16.9. The second-order valence-corrected chi connectivity index (χ2v) is 17.2. The molecule has 7 aromatic carbocycles. The van der Waals surface area contributed by atoms with Gasteiger partial charge in [0.15, 0.2) is 0 Å². The Morgan fingerprint density at radius 3 is 1.97 bits per heavy atom. The van der Waals surface area contributed by atoms with E-state index in [1.165, 1.54) is 50.1 Å². The molecule has 1 heterocycles. The van der Waals surface area contributed by atoms with E-state index in [0.29, 0.717) is 0 Å². The van der Waals surface area contributed by atoms with Gasteiger partial charge in [0, 0.05) is 34.2 Å². The maximum Gasteiger partial charge on any atom is 0.145 e. The molecule has 1 aromatic heterocycles. The minimum Gasteiger partial charge on any atom is -0.310 e. The normalized spacial score (nSPS) is 16.5. The molecule has 0 amide bonds. The number of anilines is 3. The van der Waals surface area contributed by atoms with Gasteiger partial charge in [0.1, 0.15) is 5.82 Å². The highest BCUT2D eigenvalue weighted by Crippen LogP contribution is 2.58. The van der Waals surface area contributed by atoms with Gasteiger partial charge < -0.3 is 4.90 Å². The molecule has 0 spiro atoms. The summed E-state index contributed by atoms with van der Waals surface area (Å²) in [6.45, 7) is 14.8. The lowest BCUT2D eigenvalue weighted by Gasteiger charge is -2.39. The summed E-state index contributed by atoms with van der Waals surface area (Å²) in [7, 11) is 0. The molecule has 8 aromatic rings. The number of para-hydroxylation sites is 2. The number of allylic oxidation sites excluding steroid dienone is 8. The number of aromatic nitrogens is 2. The lowest BCUT2D eigenvalue weighted by Crippen LogP contribution is -2.36. The smallest absolute Gasteiger partial charge is 0.145 e. The molecule has 0 N–H and O–H groups in total. The Balaban J connectivity index is 0.00000270. The van der Waals surface area contributed by atoms with Gasteiger partial charge in [0.2, 0.25) is 0 Å². The van der Waals surface area contributed by atoms with Crippen molar-refractivity contribution >= 4 is 28.1 Å². The Morgan fingerprint density at radius 1 is 0.652 bits per heavy atom. The average molecular weight is 856 g/mol. The molecule has 10 rings (SSSR count). The summed E-state index contributed by atoms with van der Waals surface area (Å²) in [4.78, 5) is 7.61. The van der Waals surface area contributed by atoms with Crippen LogP contribution in [0.1, 0.15) is 64.7 Å². The lowest BCUT2D eigenvalue weighted by atomic mass is 9.62. The molecule has 3 nitrogen and oxygen atoms in total. The van der Waals surface area contributed by atoms with Crippen LogP contribution in [0.2, 0.25) is 0 Å². The van der Waals surface area contributed by atoms with Crippen LogP contribution in [0.15, 0.2) is 217 Å². The third kappa shape index (κ3) is 7.94. The standard InChI is InChI=1S/C61H51N3.C2H6/c1-6-14-42(2)21-26-45(5)61(49-31-22-43(3)23-32-49)56-18-11-10-17-54(56)55-40-39-53(41-57(55)61)63(50-35-27-47(28-36-50)46-15-8-7-9-16-46)51-37-29-48(30-38-51)60-62-58-19-12-13-20-59(58)64(60)52-33-24-44(4)25-34-52;1-2/h6-22,24-30,33-41,49H,31H2,1-5H3;1-2H3/b14-6-,42-21-,45-26+;. The first-order valence-corrected chi connectivity index (χ1v) is 23.3. The van der Waals surface area contributed by atoms with E-state index in [4.69, 9.17) is 4.98 Å². The molecule has 0 saturated heterocycles. The summed E-state index contributed by atoms with van der Waals surface area (Å²) in [6, 6.07) is 61.7. The summed E-state index contributed by atoms with van der Waals surface area (Å²) in [5.74, 6) is 8.28. The number of fused-ring (bicyclic) bond motifs is 4. The zero-order valence-corrected chi connectivity index (χ0v) is 39.2.